The summed E-state index contributed by atoms with van der Waals surface area (Å²) >= 11 is 5.65. The predicted octanol–water partition coefficient (Wildman–Crippen LogP) is 0.268. The molecule has 1 aliphatic rings. The predicted molar refractivity (Wildman–Crippen MR) is 62.4 cm³/mol. The van der Waals surface area contributed by atoms with E-state index < -0.39 is 16.3 Å². The Balaban J connectivity index is 2.43. The molecule has 2 rings (SSSR count). The summed E-state index contributed by atoms with van der Waals surface area (Å²) in [6, 6.07) is 3.26. The van der Waals surface area contributed by atoms with Crippen LogP contribution in [-0.2, 0) is 15.0 Å². The van der Waals surface area contributed by atoms with E-state index in [1.807, 2.05) is 0 Å². The number of rotatable bonds is 2. The van der Waals surface area contributed by atoms with Gasteiger partial charge in [0.05, 0.1) is 18.3 Å². The van der Waals surface area contributed by atoms with Crippen molar-refractivity contribution in [3.8, 4) is 5.75 Å². The van der Waals surface area contributed by atoms with E-state index in [4.69, 9.17) is 11.6 Å². The Kier molecular flexibility index (Phi) is 2.98. The van der Waals surface area contributed by atoms with Gasteiger partial charge in [0.1, 0.15) is 12.0 Å². The Morgan fingerprint density at radius 3 is 2.76 bits per heavy atom. The average molecular weight is 277 g/mol. The van der Waals surface area contributed by atoms with Crippen molar-refractivity contribution in [2.45, 2.75) is 6.04 Å². The van der Waals surface area contributed by atoms with Crippen LogP contribution in [0.25, 0.3) is 0 Å². The first-order valence-electron chi connectivity index (χ1n) is 4.68. The number of halogens is 1. The van der Waals surface area contributed by atoms with Crippen molar-refractivity contribution in [1.29, 1.82) is 0 Å². The highest BCUT2D eigenvalue weighted by atomic mass is 35.5. The lowest BCUT2D eigenvalue weighted by Crippen LogP contribution is -2.30. The first-order chi connectivity index (χ1) is 7.94. The number of phenols is 1. The number of phenolic OH excluding ortho intramolecular Hbond substituents is 1. The zero-order valence-electron chi connectivity index (χ0n) is 8.50. The maximum atomic E-state index is 11.7. The Morgan fingerprint density at radius 2 is 2.24 bits per heavy atom. The molecule has 1 unspecified atom stereocenters. The summed E-state index contributed by atoms with van der Waals surface area (Å²) in [7, 11) is -3.79. The molecule has 2 N–H and O–H groups in total. The van der Waals surface area contributed by atoms with Gasteiger partial charge in [0.2, 0.25) is 0 Å². The molecule has 0 spiro atoms. The summed E-state index contributed by atoms with van der Waals surface area (Å²) in [6.07, 6.45) is 0.504. The van der Waals surface area contributed by atoms with Gasteiger partial charge in [-0.2, -0.15) is 13.1 Å². The molecule has 0 aromatic heterocycles. The van der Waals surface area contributed by atoms with E-state index >= 15 is 0 Å². The number of nitrogens with zero attached hydrogens (tertiary/aromatic N) is 1. The lowest BCUT2D eigenvalue weighted by Gasteiger charge is -2.16. The van der Waals surface area contributed by atoms with Gasteiger partial charge in [-0.3, -0.25) is 4.31 Å². The van der Waals surface area contributed by atoms with Crippen molar-refractivity contribution in [2.24, 2.45) is 0 Å². The van der Waals surface area contributed by atoms with E-state index in [1.165, 1.54) is 18.2 Å². The number of anilines is 1. The van der Waals surface area contributed by atoms with Crippen LogP contribution in [0.5, 0.6) is 5.75 Å². The van der Waals surface area contributed by atoms with Crippen LogP contribution in [0.2, 0.25) is 5.02 Å². The largest absolute Gasteiger partial charge is 0.506 e. The monoisotopic (exact) mass is 276 g/mol. The van der Waals surface area contributed by atoms with E-state index in [0.29, 0.717) is 11.3 Å². The Hall–Kier alpha value is -1.31. The quantitative estimate of drug-likeness (QED) is 0.759. The molecule has 6 nitrogen and oxygen atoms in total. The Morgan fingerprint density at radius 1 is 1.53 bits per heavy atom. The fourth-order valence-electron chi connectivity index (χ4n) is 1.58. The SMILES string of the molecule is O=CC1CN(c2ccc(Cl)cc2O)S(=O)(=O)N1. The van der Waals surface area contributed by atoms with Gasteiger partial charge >= 0.3 is 10.2 Å². The van der Waals surface area contributed by atoms with Crippen molar-refractivity contribution in [3.63, 3.8) is 0 Å². The highest BCUT2D eigenvalue weighted by Gasteiger charge is 2.36. The van der Waals surface area contributed by atoms with Crippen LogP contribution < -0.4 is 9.03 Å². The number of carbonyl (C=O) groups is 1. The summed E-state index contributed by atoms with van der Waals surface area (Å²) < 4.78 is 26.4. The smallest absolute Gasteiger partial charge is 0.302 e. The number of benzene rings is 1. The third-order valence-electron chi connectivity index (χ3n) is 2.32. The zero-order chi connectivity index (χ0) is 12.6. The third kappa shape index (κ3) is 2.21. The highest BCUT2D eigenvalue weighted by Crippen LogP contribution is 2.33. The van der Waals surface area contributed by atoms with E-state index in [2.05, 4.69) is 4.72 Å². The molecule has 1 aliphatic heterocycles. The van der Waals surface area contributed by atoms with E-state index in [0.717, 1.165) is 4.31 Å². The molecule has 1 aromatic rings. The van der Waals surface area contributed by atoms with Crippen molar-refractivity contribution in [2.75, 3.05) is 10.8 Å². The number of aldehydes is 1. The average Bonchev–Trinajstić information content (AvgIpc) is 2.54. The Labute approximate surface area is 103 Å². The van der Waals surface area contributed by atoms with Crippen LogP contribution in [0, 0.1) is 0 Å². The van der Waals surface area contributed by atoms with Crippen LogP contribution in [0.15, 0.2) is 18.2 Å². The molecule has 1 atom stereocenters. The van der Waals surface area contributed by atoms with E-state index in [1.54, 1.807) is 0 Å². The lowest BCUT2D eigenvalue weighted by molar-refractivity contribution is -0.108. The topological polar surface area (TPSA) is 86.7 Å². The fourth-order valence-corrected chi connectivity index (χ4v) is 3.15. The van der Waals surface area contributed by atoms with Crippen LogP contribution in [0.4, 0.5) is 5.69 Å². The number of aromatic hydroxyl groups is 1. The standard InChI is InChI=1S/C9H9ClN2O4S/c10-6-1-2-8(9(14)3-6)12-4-7(5-13)11-17(12,15)16/h1-3,5,7,11,14H,4H2. The molecule has 1 heterocycles. The van der Waals surface area contributed by atoms with Gasteiger partial charge in [-0.25, -0.2) is 0 Å². The molecule has 0 radical (unpaired) electrons. The molecule has 0 saturated carbocycles. The lowest BCUT2D eigenvalue weighted by atomic mass is 10.2. The van der Waals surface area contributed by atoms with Gasteiger partial charge in [0.25, 0.3) is 0 Å². The first-order valence-corrected chi connectivity index (χ1v) is 6.49. The molecule has 1 fully saturated rings. The summed E-state index contributed by atoms with van der Waals surface area (Å²) in [5.74, 6) is -0.255. The van der Waals surface area contributed by atoms with Gasteiger partial charge in [-0.15, -0.1) is 0 Å². The third-order valence-corrected chi connectivity index (χ3v) is 4.09. The van der Waals surface area contributed by atoms with Crippen molar-refractivity contribution in [3.05, 3.63) is 23.2 Å². The molecule has 0 aliphatic carbocycles. The number of hydrogen-bond donors (Lipinski definition) is 2. The molecule has 17 heavy (non-hydrogen) atoms. The molecule has 92 valence electrons. The maximum absolute atomic E-state index is 11.7. The van der Waals surface area contributed by atoms with Gasteiger partial charge in [0.15, 0.2) is 0 Å². The van der Waals surface area contributed by atoms with Gasteiger partial charge < -0.3 is 9.90 Å². The van der Waals surface area contributed by atoms with Gasteiger partial charge in [0, 0.05) is 11.1 Å². The van der Waals surface area contributed by atoms with Gasteiger partial charge in [-0.1, -0.05) is 11.6 Å². The van der Waals surface area contributed by atoms with E-state index in [9.17, 15) is 18.3 Å². The first kappa shape index (κ1) is 12.2. The zero-order valence-corrected chi connectivity index (χ0v) is 10.1. The number of nitrogens with one attached hydrogen (secondary N) is 1. The van der Waals surface area contributed by atoms with E-state index in [-0.39, 0.29) is 18.0 Å². The highest BCUT2D eigenvalue weighted by molar-refractivity contribution is 7.91. The molecule has 0 bridgehead atoms. The molecular weight excluding hydrogens is 268 g/mol. The molecule has 1 saturated heterocycles. The van der Waals surface area contributed by atoms with Crippen LogP contribution in [0.3, 0.4) is 0 Å². The second-order valence-corrected chi connectivity index (χ2v) is 5.59. The van der Waals surface area contributed by atoms with Crippen molar-refractivity contribution in [1.82, 2.24) is 4.72 Å². The summed E-state index contributed by atoms with van der Waals surface area (Å²) in [4.78, 5) is 10.6. The summed E-state index contributed by atoms with van der Waals surface area (Å²) in [6.45, 7) is -0.0545. The Bertz CT molecular complexity index is 560. The summed E-state index contributed by atoms with van der Waals surface area (Å²) in [5.41, 5.74) is 0.0891. The minimum absolute atomic E-state index is 0.0545. The number of hydrogen-bond acceptors (Lipinski definition) is 4. The maximum Gasteiger partial charge on any atom is 0.302 e. The number of carbonyl (C=O) groups excluding carboxylic acids is 1. The minimum Gasteiger partial charge on any atom is -0.506 e. The van der Waals surface area contributed by atoms with Crippen LogP contribution in [-0.4, -0.2) is 32.4 Å². The fraction of sp³-hybridized carbons (Fsp3) is 0.222. The van der Waals surface area contributed by atoms with Crippen molar-refractivity contribution >= 4 is 33.8 Å². The molecule has 8 heteroatoms. The second kappa shape index (κ2) is 4.17. The minimum atomic E-state index is -3.79. The molecule has 1 aromatic carbocycles. The molecule has 0 amide bonds. The van der Waals surface area contributed by atoms with Crippen LogP contribution in [0.1, 0.15) is 0 Å². The second-order valence-electron chi connectivity index (χ2n) is 3.53. The summed E-state index contributed by atoms with van der Waals surface area (Å²) in [5, 5.41) is 9.93. The van der Waals surface area contributed by atoms with Crippen LogP contribution >= 0.6 is 11.6 Å². The van der Waals surface area contributed by atoms with Crippen molar-refractivity contribution < 1.29 is 18.3 Å². The molecular formula is C9H9ClN2O4S. The van der Waals surface area contributed by atoms with Gasteiger partial charge in [-0.05, 0) is 12.1 Å². The normalized spacial score (nSPS) is 22.6.